The summed E-state index contributed by atoms with van der Waals surface area (Å²) in [5.74, 6) is 0.202. The van der Waals surface area contributed by atoms with Crippen LogP contribution in [-0.4, -0.2) is 41.9 Å². The number of rotatable bonds is 4. The number of benzene rings is 1. The quantitative estimate of drug-likeness (QED) is 0.873. The third-order valence-electron chi connectivity index (χ3n) is 4.14. The van der Waals surface area contributed by atoms with Crippen molar-refractivity contribution in [2.75, 3.05) is 18.4 Å². The lowest BCUT2D eigenvalue weighted by Crippen LogP contribution is -2.47. The number of hydrogen-bond donors (Lipinski definition) is 2. The van der Waals surface area contributed by atoms with Crippen molar-refractivity contribution in [3.05, 3.63) is 29.8 Å². The SMILES string of the molecule is CC(CN1CCCC1=O)NC(=O)C1Cc2ccccc2N1. The number of hydrogen-bond acceptors (Lipinski definition) is 3. The van der Waals surface area contributed by atoms with Crippen LogP contribution in [0.25, 0.3) is 0 Å². The van der Waals surface area contributed by atoms with E-state index in [2.05, 4.69) is 10.6 Å². The fourth-order valence-electron chi connectivity index (χ4n) is 3.07. The van der Waals surface area contributed by atoms with Gasteiger partial charge in [-0.1, -0.05) is 18.2 Å². The Morgan fingerprint density at radius 2 is 2.29 bits per heavy atom. The molecule has 21 heavy (non-hydrogen) atoms. The Hall–Kier alpha value is -2.04. The van der Waals surface area contributed by atoms with Crippen molar-refractivity contribution >= 4 is 17.5 Å². The van der Waals surface area contributed by atoms with Crippen LogP contribution >= 0.6 is 0 Å². The standard InChI is InChI=1S/C16H21N3O2/c1-11(10-19-8-4-7-15(19)20)17-16(21)14-9-12-5-2-3-6-13(12)18-14/h2-3,5-6,11,14,18H,4,7-10H2,1H3,(H,17,21). The first kappa shape index (κ1) is 13.9. The van der Waals surface area contributed by atoms with E-state index in [1.165, 1.54) is 5.56 Å². The minimum atomic E-state index is -0.209. The van der Waals surface area contributed by atoms with Crippen molar-refractivity contribution in [3.8, 4) is 0 Å². The minimum absolute atomic E-state index is 0.00495. The van der Waals surface area contributed by atoms with Crippen molar-refractivity contribution in [2.45, 2.75) is 38.3 Å². The van der Waals surface area contributed by atoms with Crippen molar-refractivity contribution in [2.24, 2.45) is 0 Å². The van der Waals surface area contributed by atoms with Crippen molar-refractivity contribution in [1.82, 2.24) is 10.2 Å². The van der Waals surface area contributed by atoms with E-state index >= 15 is 0 Å². The monoisotopic (exact) mass is 287 g/mol. The van der Waals surface area contributed by atoms with E-state index in [4.69, 9.17) is 0 Å². The Bertz CT molecular complexity index is 533. The van der Waals surface area contributed by atoms with Crippen LogP contribution in [0.3, 0.4) is 0 Å². The highest BCUT2D eigenvalue weighted by molar-refractivity contribution is 5.87. The zero-order valence-electron chi connectivity index (χ0n) is 12.3. The highest BCUT2D eigenvalue weighted by Gasteiger charge is 2.28. The molecule has 3 rings (SSSR count). The molecule has 0 saturated carbocycles. The molecule has 2 aliphatic heterocycles. The van der Waals surface area contributed by atoms with Gasteiger partial charge in [-0.3, -0.25) is 9.59 Å². The summed E-state index contributed by atoms with van der Waals surface area (Å²) in [7, 11) is 0. The van der Waals surface area contributed by atoms with Gasteiger partial charge in [-0.15, -0.1) is 0 Å². The second kappa shape index (κ2) is 5.76. The number of nitrogens with one attached hydrogen (secondary N) is 2. The van der Waals surface area contributed by atoms with Crippen LogP contribution in [0.2, 0.25) is 0 Å². The molecule has 0 aromatic heterocycles. The first-order valence-corrected chi connectivity index (χ1v) is 7.56. The molecular formula is C16H21N3O2. The average Bonchev–Trinajstić information content (AvgIpc) is 3.05. The number of carbonyl (C=O) groups excluding carboxylic acids is 2. The maximum Gasteiger partial charge on any atom is 0.243 e. The molecule has 0 spiro atoms. The lowest BCUT2D eigenvalue weighted by molar-refractivity contribution is -0.129. The van der Waals surface area contributed by atoms with Crippen molar-refractivity contribution in [1.29, 1.82) is 0 Å². The maximum atomic E-state index is 12.3. The van der Waals surface area contributed by atoms with E-state index in [1.807, 2.05) is 36.1 Å². The summed E-state index contributed by atoms with van der Waals surface area (Å²) >= 11 is 0. The molecule has 1 fully saturated rings. The molecule has 1 aromatic rings. The predicted octanol–water partition coefficient (Wildman–Crippen LogP) is 1.15. The zero-order chi connectivity index (χ0) is 14.8. The summed E-state index contributed by atoms with van der Waals surface area (Å²) in [5.41, 5.74) is 2.22. The molecule has 0 bridgehead atoms. The number of likely N-dealkylation sites (tertiary alicyclic amines) is 1. The average molecular weight is 287 g/mol. The maximum absolute atomic E-state index is 12.3. The number of anilines is 1. The normalized spacial score (nSPS) is 21.9. The molecule has 112 valence electrons. The van der Waals surface area contributed by atoms with Gasteiger partial charge in [0.2, 0.25) is 11.8 Å². The van der Waals surface area contributed by atoms with Gasteiger partial charge in [-0.05, 0) is 25.0 Å². The summed E-state index contributed by atoms with van der Waals surface area (Å²) in [6.07, 6.45) is 2.29. The van der Waals surface area contributed by atoms with Crippen LogP contribution in [0.1, 0.15) is 25.3 Å². The molecule has 2 atom stereocenters. The lowest BCUT2D eigenvalue weighted by atomic mass is 10.1. The molecule has 1 aromatic carbocycles. The van der Waals surface area contributed by atoms with Crippen LogP contribution in [0, 0.1) is 0 Å². The van der Waals surface area contributed by atoms with Gasteiger partial charge in [-0.2, -0.15) is 0 Å². The molecular weight excluding hydrogens is 266 g/mol. The highest BCUT2D eigenvalue weighted by atomic mass is 16.2. The molecule has 5 heteroatoms. The van der Waals surface area contributed by atoms with E-state index in [0.29, 0.717) is 13.0 Å². The molecule has 2 N–H and O–H groups in total. The van der Waals surface area contributed by atoms with E-state index in [-0.39, 0.29) is 23.9 Å². The number of fused-ring (bicyclic) bond motifs is 1. The second-order valence-corrected chi connectivity index (χ2v) is 5.91. The molecule has 2 heterocycles. The number of amides is 2. The fourth-order valence-corrected chi connectivity index (χ4v) is 3.07. The van der Waals surface area contributed by atoms with E-state index in [0.717, 1.165) is 25.1 Å². The lowest BCUT2D eigenvalue weighted by Gasteiger charge is -2.23. The predicted molar refractivity (Wildman–Crippen MR) is 81.0 cm³/mol. The van der Waals surface area contributed by atoms with Crippen LogP contribution in [0.4, 0.5) is 5.69 Å². The Morgan fingerprint density at radius 3 is 3.00 bits per heavy atom. The summed E-state index contributed by atoms with van der Waals surface area (Å²) in [4.78, 5) is 25.7. The van der Waals surface area contributed by atoms with Gasteiger partial charge in [0.15, 0.2) is 0 Å². The second-order valence-electron chi connectivity index (χ2n) is 5.91. The molecule has 2 unspecified atom stereocenters. The molecule has 1 saturated heterocycles. The summed E-state index contributed by atoms with van der Waals surface area (Å²) < 4.78 is 0. The van der Waals surface area contributed by atoms with Gasteiger partial charge in [0.05, 0.1) is 0 Å². The summed E-state index contributed by atoms with van der Waals surface area (Å²) in [6.45, 7) is 3.36. The third-order valence-corrected chi connectivity index (χ3v) is 4.14. The molecule has 0 radical (unpaired) electrons. The minimum Gasteiger partial charge on any atom is -0.373 e. The number of carbonyl (C=O) groups is 2. The van der Waals surface area contributed by atoms with E-state index in [1.54, 1.807) is 0 Å². The van der Waals surface area contributed by atoms with Gasteiger partial charge in [0.1, 0.15) is 6.04 Å². The number of nitrogens with zero attached hydrogens (tertiary/aromatic N) is 1. The Morgan fingerprint density at radius 1 is 1.48 bits per heavy atom. The smallest absolute Gasteiger partial charge is 0.243 e. The third kappa shape index (κ3) is 3.01. The Kier molecular flexibility index (Phi) is 3.82. The Balaban J connectivity index is 1.52. The first-order valence-electron chi connectivity index (χ1n) is 7.56. The van der Waals surface area contributed by atoms with Crippen LogP contribution < -0.4 is 10.6 Å². The summed E-state index contributed by atoms with van der Waals surface area (Å²) in [5, 5.41) is 6.26. The van der Waals surface area contributed by atoms with Gasteiger partial charge in [-0.25, -0.2) is 0 Å². The Labute approximate surface area is 124 Å². The van der Waals surface area contributed by atoms with Gasteiger partial charge in [0.25, 0.3) is 0 Å². The van der Waals surface area contributed by atoms with Crippen LogP contribution in [0.15, 0.2) is 24.3 Å². The zero-order valence-corrected chi connectivity index (χ0v) is 12.3. The van der Waals surface area contributed by atoms with Crippen molar-refractivity contribution < 1.29 is 9.59 Å². The van der Waals surface area contributed by atoms with Gasteiger partial charge >= 0.3 is 0 Å². The first-order chi connectivity index (χ1) is 10.1. The number of para-hydroxylation sites is 1. The molecule has 2 aliphatic rings. The largest absolute Gasteiger partial charge is 0.373 e. The van der Waals surface area contributed by atoms with E-state index in [9.17, 15) is 9.59 Å². The van der Waals surface area contributed by atoms with Crippen LogP contribution in [0.5, 0.6) is 0 Å². The van der Waals surface area contributed by atoms with Gasteiger partial charge < -0.3 is 15.5 Å². The van der Waals surface area contributed by atoms with E-state index < -0.39 is 0 Å². The molecule has 0 aliphatic carbocycles. The summed E-state index contributed by atoms with van der Waals surface area (Å²) in [6, 6.07) is 7.76. The molecule has 5 nitrogen and oxygen atoms in total. The molecule has 2 amide bonds. The highest BCUT2D eigenvalue weighted by Crippen LogP contribution is 2.25. The van der Waals surface area contributed by atoms with Gasteiger partial charge in [0, 0.05) is 37.7 Å². The van der Waals surface area contributed by atoms with Crippen LogP contribution in [-0.2, 0) is 16.0 Å². The fraction of sp³-hybridized carbons (Fsp3) is 0.500. The topological polar surface area (TPSA) is 61.4 Å². The van der Waals surface area contributed by atoms with Crippen molar-refractivity contribution in [3.63, 3.8) is 0 Å².